The first-order valence-electron chi connectivity index (χ1n) is 12.0. The molecular weight excluding hydrogens is 543 g/mol. The number of aromatic nitrogens is 2. The molecule has 0 aliphatic rings. The molecule has 39 heavy (non-hydrogen) atoms. The maximum Gasteiger partial charge on any atom is 0.250 e. The maximum absolute atomic E-state index is 13.0. The lowest BCUT2D eigenvalue weighted by atomic mass is 10.1. The van der Waals surface area contributed by atoms with E-state index in [4.69, 9.17) is 10.5 Å². The predicted molar refractivity (Wildman–Crippen MR) is 155 cm³/mol. The first-order chi connectivity index (χ1) is 17.6. The number of rotatable bonds is 12. The second-order valence-corrected chi connectivity index (χ2v) is 9.37. The summed E-state index contributed by atoms with van der Waals surface area (Å²) in [5, 5.41) is 8.24. The number of amides is 3. The van der Waals surface area contributed by atoms with Gasteiger partial charge in [-0.15, -0.1) is 24.8 Å². The zero-order valence-corrected chi connectivity index (χ0v) is 23.8. The van der Waals surface area contributed by atoms with Crippen molar-refractivity contribution in [1.29, 1.82) is 0 Å². The molecule has 0 saturated carbocycles. The molecule has 0 fully saturated rings. The summed E-state index contributed by atoms with van der Waals surface area (Å²) in [6.07, 6.45) is 2.99. The van der Waals surface area contributed by atoms with Gasteiger partial charge < -0.3 is 31.0 Å². The van der Waals surface area contributed by atoms with Gasteiger partial charge in [-0.05, 0) is 31.9 Å². The van der Waals surface area contributed by atoms with E-state index in [9.17, 15) is 14.4 Å². The van der Waals surface area contributed by atoms with E-state index < -0.39 is 23.4 Å². The SMILES string of the molecule is C[C@@H](NC(=O)Cn1cnc(NC(=O)[C@@H](COCc2ccccc2)NC(=O)C(C)(C)N)c1)c1ccccc1.Cl.Cl. The minimum atomic E-state index is -1.18. The number of hydrogen-bond acceptors (Lipinski definition) is 6. The summed E-state index contributed by atoms with van der Waals surface area (Å²) in [6.45, 7) is 5.24. The Labute approximate surface area is 240 Å². The van der Waals surface area contributed by atoms with Gasteiger partial charge in [-0.1, -0.05) is 60.7 Å². The number of anilines is 1. The first kappa shape index (κ1) is 33.6. The monoisotopic (exact) mass is 578 g/mol. The zero-order valence-electron chi connectivity index (χ0n) is 22.1. The van der Waals surface area contributed by atoms with E-state index in [1.165, 1.54) is 6.33 Å². The third-order valence-corrected chi connectivity index (χ3v) is 5.49. The fourth-order valence-corrected chi connectivity index (χ4v) is 3.40. The van der Waals surface area contributed by atoms with Crippen molar-refractivity contribution in [2.45, 2.75) is 51.5 Å². The highest BCUT2D eigenvalue weighted by atomic mass is 35.5. The van der Waals surface area contributed by atoms with Gasteiger partial charge in [0.2, 0.25) is 11.8 Å². The van der Waals surface area contributed by atoms with E-state index in [1.54, 1.807) is 24.6 Å². The molecule has 0 radical (unpaired) electrons. The largest absolute Gasteiger partial charge is 0.374 e. The second-order valence-electron chi connectivity index (χ2n) is 9.37. The van der Waals surface area contributed by atoms with Crippen LogP contribution in [0.2, 0.25) is 0 Å². The number of hydrogen-bond donors (Lipinski definition) is 4. The highest BCUT2D eigenvalue weighted by Crippen LogP contribution is 2.11. The number of ether oxygens (including phenoxy) is 1. The molecule has 1 heterocycles. The van der Waals surface area contributed by atoms with Crippen LogP contribution in [0.1, 0.15) is 37.9 Å². The Bertz CT molecular complexity index is 1190. The van der Waals surface area contributed by atoms with Crippen molar-refractivity contribution in [2.24, 2.45) is 5.73 Å². The van der Waals surface area contributed by atoms with Crippen LogP contribution < -0.4 is 21.7 Å². The van der Waals surface area contributed by atoms with Crippen LogP contribution in [-0.4, -0.2) is 45.5 Å². The molecule has 1 aromatic heterocycles. The number of benzene rings is 2. The van der Waals surface area contributed by atoms with E-state index in [0.29, 0.717) is 0 Å². The van der Waals surface area contributed by atoms with Crippen molar-refractivity contribution in [3.05, 3.63) is 84.3 Å². The molecule has 2 aromatic carbocycles. The molecule has 0 spiro atoms. The lowest BCUT2D eigenvalue weighted by Gasteiger charge is -2.23. The highest BCUT2D eigenvalue weighted by Gasteiger charge is 2.28. The average Bonchev–Trinajstić information content (AvgIpc) is 3.30. The van der Waals surface area contributed by atoms with Crippen LogP contribution in [0.4, 0.5) is 5.82 Å². The minimum Gasteiger partial charge on any atom is -0.374 e. The van der Waals surface area contributed by atoms with E-state index in [-0.39, 0.29) is 62.3 Å². The summed E-state index contributed by atoms with van der Waals surface area (Å²) < 4.78 is 7.25. The first-order valence-corrected chi connectivity index (χ1v) is 12.0. The Kier molecular flexibility index (Phi) is 13.6. The van der Waals surface area contributed by atoms with Crippen LogP contribution in [-0.2, 0) is 32.3 Å². The Morgan fingerprint density at radius 2 is 1.62 bits per heavy atom. The van der Waals surface area contributed by atoms with Gasteiger partial charge in [0, 0.05) is 6.20 Å². The lowest BCUT2D eigenvalue weighted by molar-refractivity contribution is -0.130. The molecule has 0 unspecified atom stereocenters. The summed E-state index contributed by atoms with van der Waals surface area (Å²) in [5.41, 5.74) is 6.64. The van der Waals surface area contributed by atoms with Gasteiger partial charge >= 0.3 is 0 Å². The van der Waals surface area contributed by atoms with Crippen molar-refractivity contribution in [1.82, 2.24) is 20.2 Å². The van der Waals surface area contributed by atoms with Crippen LogP contribution >= 0.6 is 24.8 Å². The molecule has 3 aromatic rings. The van der Waals surface area contributed by atoms with Crippen LogP contribution in [0.3, 0.4) is 0 Å². The fraction of sp³-hybridized carbons (Fsp3) is 0.333. The van der Waals surface area contributed by atoms with Crippen molar-refractivity contribution in [3.63, 3.8) is 0 Å². The van der Waals surface area contributed by atoms with E-state index in [0.717, 1.165) is 11.1 Å². The number of nitrogens with two attached hydrogens (primary N) is 1. The van der Waals surface area contributed by atoms with E-state index in [1.807, 2.05) is 67.6 Å². The molecule has 5 N–H and O–H groups in total. The maximum atomic E-state index is 13.0. The Morgan fingerprint density at radius 3 is 2.23 bits per heavy atom. The highest BCUT2D eigenvalue weighted by molar-refractivity contribution is 5.98. The number of carbonyl (C=O) groups is 3. The van der Waals surface area contributed by atoms with Gasteiger partial charge in [-0.2, -0.15) is 0 Å². The zero-order chi connectivity index (χ0) is 26.8. The van der Waals surface area contributed by atoms with Crippen molar-refractivity contribution in [3.8, 4) is 0 Å². The average molecular weight is 580 g/mol. The molecule has 0 bridgehead atoms. The van der Waals surface area contributed by atoms with Gasteiger partial charge in [-0.25, -0.2) is 4.98 Å². The lowest BCUT2D eigenvalue weighted by Crippen LogP contribution is -2.56. The predicted octanol–water partition coefficient (Wildman–Crippen LogP) is 2.98. The Balaban J connectivity index is 0.00000380. The Hall–Kier alpha value is -3.44. The molecule has 3 rings (SSSR count). The number of nitrogens with one attached hydrogen (secondary N) is 3. The minimum absolute atomic E-state index is 0. The summed E-state index contributed by atoms with van der Waals surface area (Å²) in [5.74, 6) is -0.969. The summed E-state index contributed by atoms with van der Waals surface area (Å²) in [4.78, 5) is 42.0. The van der Waals surface area contributed by atoms with Gasteiger partial charge in [0.25, 0.3) is 5.91 Å². The van der Waals surface area contributed by atoms with Crippen LogP contribution in [0.15, 0.2) is 73.2 Å². The Morgan fingerprint density at radius 1 is 1.00 bits per heavy atom. The molecule has 0 aliphatic heterocycles. The topological polar surface area (TPSA) is 140 Å². The molecule has 10 nitrogen and oxygen atoms in total. The number of carbonyl (C=O) groups excluding carboxylic acids is 3. The molecule has 2 atom stereocenters. The standard InChI is InChI=1S/C27H34N6O4.2ClH/c1-19(21-12-8-5-9-13-21)30-24(34)15-33-14-23(29-18-33)32-25(35)22(31-26(36)27(2,3)28)17-37-16-20-10-6-4-7-11-20;;/h4-14,18-19,22H,15-17,28H2,1-3H3,(H,30,34)(H,31,36)(H,32,35);2*1H/t19-,22-;;/m1../s1. The molecule has 212 valence electrons. The number of halogens is 2. The normalized spacial score (nSPS) is 12.2. The van der Waals surface area contributed by atoms with Crippen molar-refractivity contribution < 1.29 is 19.1 Å². The van der Waals surface area contributed by atoms with Crippen LogP contribution in [0.5, 0.6) is 0 Å². The van der Waals surface area contributed by atoms with Crippen LogP contribution in [0.25, 0.3) is 0 Å². The third-order valence-electron chi connectivity index (χ3n) is 5.49. The molecule has 3 amide bonds. The summed E-state index contributed by atoms with van der Waals surface area (Å²) >= 11 is 0. The fourth-order valence-electron chi connectivity index (χ4n) is 3.40. The van der Waals surface area contributed by atoms with Crippen molar-refractivity contribution in [2.75, 3.05) is 11.9 Å². The van der Waals surface area contributed by atoms with E-state index in [2.05, 4.69) is 20.9 Å². The molecule has 12 heteroatoms. The molecular formula is C27H36Cl2N6O4. The van der Waals surface area contributed by atoms with Gasteiger partial charge in [0.1, 0.15) is 12.6 Å². The third kappa shape index (κ3) is 11.1. The van der Waals surface area contributed by atoms with Crippen molar-refractivity contribution >= 4 is 48.4 Å². The van der Waals surface area contributed by atoms with Crippen LogP contribution in [0, 0.1) is 0 Å². The van der Waals surface area contributed by atoms with E-state index >= 15 is 0 Å². The second kappa shape index (κ2) is 15.8. The summed E-state index contributed by atoms with van der Waals surface area (Å²) in [6, 6.07) is 18.0. The summed E-state index contributed by atoms with van der Waals surface area (Å²) in [7, 11) is 0. The van der Waals surface area contributed by atoms with Gasteiger partial charge in [0.15, 0.2) is 5.82 Å². The molecule has 0 aliphatic carbocycles. The smallest absolute Gasteiger partial charge is 0.250 e. The number of nitrogens with zero attached hydrogens (tertiary/aromatic N) is 2. The van der Waals surface area contributed by atoms with Gasteiger partial charge in [-0.3, -0.25) is 14.4 Å². The quantitative estimate of drug-likeness (QED) is 0.260. The number of imidazole rings is 1. The van der Waals surface area contributed by atoms with Gasteiger partial charge in [0.05, 0.1) is 31.1 Å². The molecule has 0 saturated heterocycles.